The topological polar surface area (TPSA) is 194 Å². The summed E-state index contributed by atoms with van der Waals surface area (Å²) in [7, 11) is 0. The van der Waals surface area contributed by atoms with Gasteiger partial charge >= 0.3 is 0 Å². The number of hydrogen-bond donors (Lipinski definition) is 5. The minimum absolute atomic E-state index is 0.0334. The van der Waals surface area contributed by atoms with Crippen molar-refractivity contribution in [1.29, 1.82) is 0 Å². The summed E-state index contributed by atoms with van der Waals surface area (Å²) in [5, 5.41) is 36.4. The Bertz CT molecular complexity index is 2400. The normalized spacial score (nSPS) is 17.1. The number of carbonyl (C=O) groups excluding carboxylic acids is 4. The van der Waals surface area contributed by atoms with E-state index in [2.05, 4.69) is 30.8 Å². The molecule has 2 saturated heterocycles. The van der Waals surface area contributed by atoms with Crippen LogP contribution in [0.2, 0.25) is 0 Å². The number of aromatic amines is 1. The van der Waals surface area contributed by atoms with E-state index in [1.165, 1.54) is 4.90 Å². The smallest absolute Gasteiger partial charge is 0.246 e. The van der Waals surface area contributed by atoms with Gasteiger partial charge in [-0.15, -0.1) is 21.5 Å². The van der Waals surface area contributed by atoms with Gasteiger partial charge in [-0.2, -0.15) is 0 Å². The fourth-order valence-corrected chi connectivity index (χ4v) is 9.59. The van der Waals surface area contributed by atoms with Crippen LogP contribution in [-0.2, 0) is 25.7 Å². The average Bonchev–Trinajstić information content (AvgIpc) is 3.99. The van der Waals surface area contributed by atoms with Crippen molar-refractivity contribution in [2.75, 3.05) is 19.6 Å². The fourth-order valence-electron chi connectivity index (χ4n) is 8.77. The van der Waals surface area contributed by atoms with Gasteiger partial charge in [0.2, 0.25) is 23.6 Å². The molecule has 15 heteroatoms. The molecule has 340 valence electrons. The van der Waals surface area contributed by atoms with Crippen LogP contribution in [0.25, 0.3) is 32.7 Å². The minimum Gasteiger partial charge on any atom is -0.507 e. The monoisotopic (exact) mass is 890 g/mol. The number of H-pyrrole nitrogens is 1. The quantitative estimate of drug-likeness (QED) is 0.0526. The predicted molar refractivity (Wildman–Crippen MR) is 248 cm³/mol. The number of aromatic hydroxyl groups is 1. The van der Waals surface area contributed by atoms with E-state index in [1.54, 1.807) is 23.5 Å². The summed E-state index contributed by atoms with van der Waals surface area (Å²) in [5.41, 5.74) is 7.21. The zero-order chi connectivity index (χ0) is 45.4. The number of amides is 4. The summed E-state index contributed by atoms with van der Waals surface area (Å²) in [6, 6.07) is 15.3. The van der Waals surface area contributed by atoms with Crippen molar-refractivity contribution < 1.29 is 29.4 Å². The van der Waals surface area contributed by atoms with Gasteiger partial charge in [0.1, 0.15) is 17.8 Å². The van der Waals surface area contributed by atoms with Crippen molar-refractivity contribution in [2.45, 2.75) is 129 Å². The second-order valence-corrected chi connectivity index (χ2v) is 19.4. The molecule has 2 fully saturated rings. The number of rotatable bonds is 19. The molecule has 5 N–H and O–H groups in total. The zero-order valence-electron chi connectivity index (χ0n) is 37.4. The lowest BCUT2D eigenvalue weighted by Gasteiger charge is -2.39. The number of benzene rings is 2. The van der Waals surface area contributed by atoms with Crippen LogP contribution in [0.5, 0.6) is 5.75 Å². The van der Waals surface area contributed by atoms with Gasteiger partial charge in [0.05, 0.1) is 27.9 Å². The molecule has 64 heavy (non-hydrogen) atoms. The fraction of sp³-hybridized carbons (Fsp3) is 0.490. The molecule has 14 nitrogen and oxygen atoms in total. The van der Waals surface area contributed by atoms with Crippen LogP contribution < -0.4 is 10.6 Å². The van der Waals surface area contributed by atoms with Gasteiger partial charge in [-0.25, -0.2) is 4.98 Å². The second-order valence-electron chi connectivity index (χ2n) is 18.5. The maximum Gasteiger partial charge on any atom is 0.246 e. The molecule has 0 spiro atoms. The third-order valence-electron chi connectivity index (χ3n) is 12.6. The lowest BCUT2D eigenvalue weighted by atomic mass is 9.85. The van der Waals surface area contributed by atoms with Crippen molar-refractivity contribution in [3.63, 3.8) is 0 Å². The first-order valence-corrected chi connectivity index (χ1v) is 23.6. The number of aliphatic hydroxyl groups is 1. The van der Waals surface area contributed by atoms with Gasteiger partial charge < -0.3 is 35.6 Å². The molecule has 3 atom stereocenters. The number of fused-ring (bicyclic) bond motifs is 1. The number of nitrogens with zero attached hydrogens (tertiary/aromatic N) is 5. The highest BCUT2D eigenvalue weighted by Crippen LogP contribution is 2.35. The highest BCUT2D eigenvalue weighted by molar-refractivity contribution is 7.13. The summed E-state index contributed by atoms with van der Waals surface area (Å²) in [6.45, 7) is 9.33. The van der Waals surface area contributed by atoms with Crippen LogP contribution in [0.4, 0.5) is 0 Å². The number of nitrogens with one attached hydrogen (secondary N) is 3. The molecule has 4 amide bonds. The van der Waals surface area contributed by atoms with Crippen molar-refractivity contribution in [2.24, 2.45) is 5.41 Å². The molecule has 0 saturated carbocycles. The minimum atomic E-state index is -0.849. The number of phenolic OH excluding ortho intramolecular Hbond substituents is 1. The number of carbonyl (C=O) groups is 4. The zero-order valence-corrected chi connectivity index (χ0v) is 38.3. The number of phenols is 1. The number of aromatic nitrogens is 4. The maximum absolute atomic E-state index is 14.0. The van der Waals surface area contributed by atoms with Gasteiger partial charge in [-0.3, -0.25) is 19.2 Å². The standard InChI is InChI=1S/C49H62N8O6S/c1-31-44(64-30-52-31)33-21-19-32(20-22-33)25-51-47(62)40-23-35(58)29-57(40)48(63)45(49(2,3)4)53-42(60)17-11-9-7-5-6-8-10-12-18-43(61)56-27-34(28-56)38-26-50-46-37(38)24-39(54-55-46)36-15-13-14-16-41(36)59/h13-16,19-22,24,26,30,34-35,40,45,58-59H,5-12,17-18,23,25,27-29H2,1-4H3,(H,50,55)(H,51,62)(H,53,60)/t35-,40+,45-/m1/s1. The number of aryl methyl sites for hydroxylation is 1. The molecule has 0 bridgehead atoms. The SMILES string of the molecule is Cc1ncsc1-c1ccc(CNC(=O)[C@@H]2C[C@@H](O)CN2C(=O)[C@@H](NC(=O)CCCCCCCCCCC(=O)N2CC(c3c[nH]c4nnc(-c5ccccc5O)cc34)C2)C(C)(C)C)cc1. The van der Waals surface area contributed by atoms with E-state index in [-0.39, 0.29) is 54.8 Å². The number of aliphatic hydroxyl groups excluding tert-OH is 1. The molecule has 0 unspecified atom stereocenters. The molecular weight excluding hydrogens is 829 g/mol. The molecular formula is C49H62N8O6S. The van der Waals surface area contributed by atoms with Crippen molar-refractivity contribution in [3.05, 3.63) is 83.1 Å². The van der Waals surface area contributed by atoms with Crippen LogP contribution in [0, 0.1) is 12.3 Å². The molecule has 5 heterocycles. The Morgan fingerprint density at radius 2 is 1.59 bits per heavy atom. The average molecular weight is 891 g/mol. The Morgan fingerprint density at radius 1 is 0.906 bits per heavy atom. The molecule has 0 radical (unpaired) electrons. The molecule has 3 aromatic heterocycles. The Kier molecular flexibility index (Phi) is 15.1. The molecule has 7 rings (SSSR count). The Balaban J connectivity index is 0.760. The summed E-state index contributed by atoms with van der Waals surface area (Å²) in [5.74, 6) is -0.309. The highest BCUT2D eigenvalue weighted by Gasteiger charge is 2.44. The summed E-state index contributed by atoms with van der Waals surface area (Å²) < 4.78 is 0. The van der Waals surface area contributed by atoms with E-state index in [4.69, 9.17) is 0 Å². The summed E-state index contributed by atoms with van der Waals surface area (Å²) in [4.78, 5) is 65.5. The van der Waals surface area contributed by atoms with E-state index in [0.717, 1.165) is 77.6 Å². The highest BCUT2D eigenvalue weighted by atomic mass is 32.1. The van der Waals surface area contributed by atoms with Crippen LogP contribution in [-0.4, -0.2) is 102 Å². The van der Waals surface area contributed by atoms with E-state index in [1.807, 2.05) is 86.8 Å². The third kappa shape index (κ3) is 11.3. The van der Waals surface area contributed by atoms with Crippen LogP contribution in [0.15, 0.2) is 66.3 Å². The lowest BCUT2D eigenvalue weighted by molar-refractivity contribution is -0.144. The van der Waals surface area contributed by atoms with Crippen molar-refractivity contribution in [3.8, 4) is 27.4 Å². The summed E-state index contributed by atoms with van der Waals surface area (Å²) in [6.07, 6.45) is 9.81. The van der Waals surface area contributed by atoms with Gasteiger partial charge in [0.25, 0.3) is 0 Å². The van der Waals surface area contributed by atoms with Crippen molar-refractivity contribution in [1.82, 2.24) is 40.6 Å². The number of likely N-dealkylation sites (tertiary alicyclic amines) is 2. The van der Waals surface area contributed by atoms with Crippen molar-refractivity contribution >= 4 is 46.0 Å². The lowest BCUT2D eigenvalue weighted by Crippen LogP contribution is -2.57. The molecule has 5 aromatic rings. The summed E-state index contributed by atoms with van der Waals surface area (Å²) >= 11 is 1.58. The van der Waals surface area contributed by atoms with E-state index in [0.29, 0.717) is 49.3 Å². The first-order chi connectivity index (χ1) is 30.8. The van der Waals surface area contributed by atoms with Crippen LogP contribution in [0.1, 0.15) is 114 Å². The van der Waals surface area contributed by atoms with Gasteiger partial charge in [0.15, 0.2) is 5.65 Å². The van der Waals surface area contributed by atoms with E-state index in [9.17, 15) is 29.4 Å². The number of para-hydroxylation sites is 1. The van der Waals surface area contributed by atoms with Crippen LogP contribution in [0.3, 0.4) is 0 Å². The Labute approximate surface area is 379 Å². The first-order valence-electron chi connectivity index (χ1n) is 22.7. The number of hydrogen-bond acceptors (Lipinski definition) is 10. The van der Waals surface area contributed by atoms with E-state index < -0.39 is 23.6 Å². The number of unbranched alkanes of at least 4 members (excludes halogenated alkanes) is 7. The predicted octanol–water partition coefficient (Wildman–Crippen LogP) is 7.40. The van der Waals surface area contributed by atoms with Crippen LogP contribution >= 0.6 is 11.3 Å². The van der Waals surface area contributed by atoms with Gasteiger partial charge in [-0.1, -0.05) is 95.7 Å². The number of thiazole rings is 1. The molecule has 0 aliphatic carbocycles. The Hall–Kier alpha value is -5.67. The molecule has 2 aliphatic rings. The number of β-amino-alcohol motifs (C(OH)–C–C–N with tert-alkyl or cyclic N) is 1. The first kappa shape index (κ1) is 46.3. The largest absolute Gasteiger partial charge is 0.507 e. The molecule has 2 aromatic carbocycles. The van der Waals surface area contributed by atoms with E-state index >= 15 is 0 Å². The van der Waals surface area contributed by atoms with Gasteiger partial charge in [-0.05, 0) is 60.1 Å². The van der Waals surface area contributed by atoms with Gasteiger partial charge in [0, 0.05) is 68.5 Å². The molecule has 2 aliphatic heterocycles. The maximum atomic E-state index is 14.0. The Morgan fingerprint density at radius 3 is 2.27 bits per heavy atom. The second kappa shape index (κ2) is 20.9. The third-order valence-corrected chi connectivity index (χ3v) is 13.6.